The lowest BCUT2D eigenvalue weighted by molar-refractivity contribution is -0.127. The Morgan fingerprint density at radius 3 is 2.34 bits per heavy atom. The van der Waals surface area contributed by atoms with Crippen molar-refractivity contribution < 1.29 is 14.3 Å². The number of likely N-dealkylation sites (N-methyl/N-ethyl adjacent to an activating group) is 1. The largest absolute Gasteiger partial charge is 0.454 e. The molecule has 0 aliphatic carbocycles. The molecule has 0 saturated carbocycles. The fourth-order valence-corrected chi connectivity index (χ4v) is 5.41. The molecule has 1 saturated heterocycles. The number of halogens is 1. The van der Waals surface area contributed by atoms with E-state index in [2.05, 4.69) is 39.1 Å². The lowest BCUT2D eigenvalue weighted by Gasteiger charge is -2.46. The monoisotopic (exact) mass is 495 g/mol. The number of amides is 1. The average Bonchev–Trinajstić information content (AvgIpc) is 2.72. The molecule has 1 aliphatic heterocycles. The van der Waals surface area contributed by atoms with Crippen LogP contribution in [0.5, 0.6) is 11.5 Å². The lowest BCUT2D eigenvalue weighted by Crippen LogP contribution is -2.57. The fraction of sp³-hybridized carbons (Fsp3) is 0.464. The van der Waals surface area contributed by atoms with E-state index in [9.17, 15) is 14.9 Å². The van der Waals surface area contributed by atoms with Gasteiger partial charge in [-0.15, -0.1) is 0 Å². The van der Waals surface area contributed by atoms with Gasteiger partial charge in [0.25, 0.3) is 0 Å². The Balaban J connectivity index is 1.76. The maximum absolute atomic E-state index is 13.1. The van der Waals surface area contributed by atoms with Gasteiger partial charge >= 0.3 is 0 Å². The number of carbonyl (C=O) groups is 2. The molecule has 1 amide bonds. The van der Waals surface area contributed by atoms with E-state index in [0.717, 1.165) is 12.8 Å². The number of carbonyl (C=O) groups excluding carboxylic acids is 2. The number of ketones is 1. The minimum absolute atomic E-state index is 0.0216. The normalized spacial score (nSPS) is 16.9. The Kier molecular flexibility index (Phi) is 7.93. The van der Waals surface area contributed by atoms with Crippen LogP contribution in [0, 0.1) is 17.2 Å². The van der Waals surface area contributed by atoms with Crippen molar-refractivity contribution in [3.05, 3.63) is 58.1 Å². The van der Waals surface area contributed by atoms with Gasteiger partial charge in [-0.25, -0.2) is 0 Å². The molecule has 1 fully saturated rings. The Morgan fingerprint density at radius 2 is 1.77 bits per heavy atom. The highest BCUT2D eigenvalue weighted by Gasteiger charge is 2.38. The molecule has 1 aliphatic rings. The van der Waals surface area contributed by atoms with Gasteiger partial charge in [-0.05, 0) is 76.3 Å². The number of ether oxygens (including phenoxy) is 1. The molecule has 2 aromatic rings. The molecule has 0 bridgehead atoms. The maximum atomic E-state index is 13.1. The average molecular weight is 496 g/mol. The van der Waals surface area contributed by atoms with Crippen molar-refractivity contribution in [2.75, 3.05) is 14.1 Å². The van der Waals surface area contributed by atoms with Gasteiger partial charge in [0.05, 0.1) is 17.0 Å². The topological polar surface area (TPSA) is 82.4 Å². The molecular weight excluding hydrogens is 462 g/mol. The van der Waals surface area contributed by atoms with Gasteiger partial charge in [0.15, 0.2) is 5.78 Å². The number of piperidine rings is 1. The summed E-state index contributed by atoms with van der Waals surface area (Å²) in [5, 5.41) is 13.7. The van der Waals surface area contributed by atoms with E-state index in [4.69, 9.17) is 16.3 Å². The van der Waals surface area contributed by atoms with E-state index in [-0.39, 0.29) is 40.7 Å². The van der Waals surface area contributed by atoms with Crippen molar-refractivity contribution in [1.29, 1.82) is 5.26 Å². The number of nitriles is 1. The molecule has 7 heteroatoms. The van der Waals surface area contributed by atoms with Crippen LogP contribution in [0.1, 0.15) is 68.4 Å². The first-order chi connectivity index (χ1) is 16.3. The molecular formula is C28H34ClN3O3. The van der Waals surface area contributed by atoms with E-state index in [1.165, 1.54) is 4.90 Å². The third-order valence-corrected chi connectivity index (χ3v) is 6.58. The fourth-order valence-electron chi connectivity index (χ4n) is 5.19. The summed E-state index contributed by atoms with van der Waals surface area (Å²) in [4.78, 5) is 26.7. The minimum Gasteiger partial charge on any atom is -0.454 e. The second-order valence-electron chi connectivity index (χ2n) is 10.9. The zero-order valence-electron chi connectivity index (χ0n) is 21.4. The number of nitrogens with one attached hydrogen (secondary N) is 1. The van der Waals surface area contributed by atoms with Crippen molar-refractivity contribution in [2.45, 2.75) is 64.5 Å². The van der Waals surface area contributed by atoms with Gasteiger partial charge in [0.1, 0.15) is 17.6 Å². The maximum Gasteiger partial charge on any atom is 0.226 e. The van der Waals surface area contributed by atoms with Crippen LogP contribution in [0.15, 0.2) is 36.4 Å². The number of hydrogen-bond acceptors (Lipinski definition) is 5. The number of benzene rings is 2. The van der Waals surface area contributed by atoms with E-state index >= 15 is 0 Å². The highest BCUT2D eigenvalue weighted by atomic mass is 35.5. The van der Waals surface area contributed by atoms with Gasteiger partial charge in [-0.1, -0.05) is 23.7 Å². The Morgan fingerprint density at radius 1 is 1.11 bits per heavy atom. The van der Waals surface area contributed by atoms with Gasteiger partial charge in [0.2, 0.25) is 5.91 Å². The zero-order chi connectivity index (χ0) is 26.0. The summed E-state index contributed by atoms with van der Waals surface area (Å²) in [6.45, 7) is 8.70. The van der Waals surface area contributed by atoms with Crippen LogP contribution >= 0.6 is 11.6 Å². The molecule has 0 spiro atoms. The predicted molar refractivity (Wildman–Crippen MR) is 138 cm³/mol. The third-order valence-electron chi connectivity index (χ3n) is 6.29. The van der Waals surface area contributed by atoms with Gasteiger partial charge in [-0.2, -0.15) is 5.26 Å². The van der Waals surface area contributed by atoms with Crippen molar-refractivity contribution in [2.24, 2.45) is 5.92 Å². The van der Waals surface area contributed by atoms with Gasteiger partial charge in [-0.3, -0.25) is 9.59 Å². The quantitative estimate of drug-likeness (QED) is 0.493. The Hall–Kier alpha value is -2.88. The molecule has 0 radical (unpaired) electrons. The first kappa shape index (κ1) is 26.7. The highest BCUT2D eigenvalue weighted by molar-refractivity contribution is 6.32. The number of rotatable bonds is 7. The zero-order valence-corrected chi connectivity index (χ0v) is 22.1. The molecule has 2 aromatic carbocycles. The second-order valence-corrected chi connectivity index (χ2v) is 11.3. The number of nitrogens with zero attached hydrogens (tertiary/aromatic N) is 2. The van der Waals surface area contributed by atoms with Crippen LogP contribution in [0.2, 0.25) is 5.02 Å². The molecule has 35 heavy (non-hydrogen) atoms. The summed E-state index contributed by atoms with van der Waals surface area (Å²) in [7, 11) is 3.34. The summed E-state index contributed by atoms with van der Waals surface area (Å²) < 4.78 is 5.95. The van der Waals surface area contributed by atoms with Crippen molar-refractivity contribution in [3.63, 3.8) is 0 Å². The third kappa shape index (κ3) is 6.84. The van der Waals surface area contributed by atoms with E-state index in [0.29, 0.717) is 34.1 Å². The molecule has 1 N–H and O–H groups in total. The standard InChI is InChI=1S/C28H34ClN3O3/c1-27(2)15-18(16-28(3,4)31-27)12-23(33)20-10-11-25(22(29)13-20)35-24-9-7-8-19(21(24)17-30)14-26(34)32(5)6/h7-11,13,18,31H,12,14-16H2,1-6H3. The first-order valence-corrected chi connectivity index (χ1v) is 12.2. The minimum atomic E-state index is -0.111. The van der Waals surface area contributed by atoms with Gasteiger partial charge in [0, 0.05) is 37.2 Å². The predicted octanol–water partition coefficient (Wildman–Crippen LogP) is 5.76. The SMILES string of the molecule is CN(C)C(=O)Cc1cccc(Oc2ccc(C(=O)CC3CC(C)(C)NC(C)(C)C3)cc2Cl)c1C#N. The van der Waals surface area contributed by atoms with E-state index in [1.54, 1.807) is 50.5 Å². The van der Waals surface area contributed by atoms with E-state index < -0.39 is 0 Å². The van der Waals surface area contributed by atoms with Crippen LogP contribution in [0.4, 0.5) is 0 Å². The van der Waals surface area contributed by atoms with Crippen LogP contribution < -0.4 is 10.1 Å². The summed E-state index contributed by atoms with van der Waals surface area (Å²) >= 11 is 6.49. The molecule has 3 rings (SSSR count). The highest BCUT2D eigenvalue weighted by Crippen LogP contribution is 2.37. The Bertz CT molecular complexity index is 1150. The lowest BCUT2D eigenvalue weighted by atomic mass is 9.74. The number of hydrogen-bond donors (Lipinski definition) is 1. The van der Waals surface area contributed by atoms with Crippen LogP contribution in [-0.2, 0) is 11.2 Å². The molecule has 186 valence electrons. The van der Waals surface area contributed by atoms with Crippen LogP contribution in [0.3, 0.4) is 0 Å². The second kappa shape index (κ2) is 10.4. The molecule has 0 atom stereocenters. The summed E-state index contributed by atoms with van der Waals surface area (Å²) in [6.07, 6.45) is 2.42. The van der Waals surface area contributed by atoms with Crippen LogP contribution in [-0.4, -0.2) is 41.8 Å². The molecule has 6 nitrogen and oxygen atoms in total. The summed E-state index contributed by atoms with van der Waals surface area (Å²) in [5.74, 6) is 0.893. The Labute approximate surface area is 213 Å². The van der Waals surface area contributed by atoms with Crippen molar-refractivity contribution >= 4 is 23.3 Å². The first-order valence-electron chi connectivity index (χ1n) is 11.8. The molecule has 0 aromatic heterocycles. The van der Waals surface area contributed by atoms with Gasteiger partial charge < -0.3 is 15.0 Å². The summed E-state index contributed by atoms with van der Waals surface area (Å²) in [6, 6.07) is 12.3. The molecule has 0 unspecified atom stereocenters. The number of Topliss-reactive ketones (excluding diaryl/α,β-unsaturated/α-hetero) is 1. The van der Waals surface area contributed by atoms with Crippen molar-refractivity contribution in [1.82, 2.24) is 10.2 Å². The van der Waals surface area contributed by atoms with Crippen molar-refractivity contribution in [3.8, 4) is 17.6 Å². The smallest absolute Gasteiger partial charge is 0.226 e. The summed E-state index contributed by atoms with van der Waals surface area (Å²) in [5.41, 5.74) is 1.37. The van der Waals surface area contributed by atoms with Crippen LogP contribution in [0.25, 0.3) is 0 Å². The van der Waals surface area contributed by atoms with E-state index in [1.807, 2.05) is 0 Å². The molecule has 1 heterocycles.